The standard InChI is InChI=1S/C68H132O17P2/c1-7-9-11-13-15-24-32-38-44-50-65(70)78-56-63(84-67(72)52-46-40-34-25-16-14-12-10-8-2)58-82-86(74,75)80-54-62(69)55-81-87(76,77)83-59-64(57-79-66(71)51-45-39-33-29-28-31-37-43-49-61(5)6)85-68(73)53-47-41-35-27-23-21-19-17-18-20-22-26-30-36-42-48-60(3)4/h60-64,69H,7-59H2,1-6H3,(H,74,75)(H,76,77)/t62-,63+,64+/m0/s1. The van der Waals surface area contributed by atoms with Gasteiger partial charge in [0.25, 0.3) is 0 Å². The molecule has 0 aromatic heterocycles. The average molecular weight is 1280 g/mol. The second kappa shape index (κ2) is 60.3. The minimum atomic E-state index is -4.95. The molecule has 0 spiro atoms. The van der Waals surface area contributed by atoms with Gasteiger partial charge in [-0.3, -0.25) is 37.3 Å². The second-order valence-corrected chi connectivity index (χ2v) is 28.4. The molecule has 0 aliphatic rings. The first kappa shape index (κ1) is 85.1. The highest BCUT2D eigenvalue weighted by Crippen LogP contribution is 2.45. The smallest absolute Gasteiger partial charge is 0.462 e. The van der Waals surface area contributed by atoms with Crippen LogP contribution in [-0.2, 0) is 65.4 Å². The van der Waals surface area contributed by atoms with Crippen molar-refractivity contribution in [2.45, 2.75) is 362 Å². The van der Waals surface area contributed by atoms with E-state index in [1.165, 1.54) is 161 Å². The summed E-state index contributed by atoms with van der Waals surface area (Å²) < 4.78 is 68.1. The SMILES string of the molecule is CCCCCCCCCCCC(=O)OC[C@H](COP(=O)(O)OC[C@H](O)COP(=O)(O)OC[C@@H](COC(=O)CCCCCCCCCCC(C)C)OC(=O)CCCCCCCCCCCCCCCCCC(C)C)OC(=O)CCCCCCCCCCC. The van der Waals surface area contributed by atoms with Gasteiger partial charge in [-0.15, -0.1) is 0 Å². The molecule has 516 valence electrons. The highest BCUT2D eigenvalue weighted by Gasteiger charge is 2.30. The Morgan fingerprint density at radius 1 is 0.310 bits per heavy atom. The van der Waals surface area contributed by atoms with Gasteiger partial charge in [-0.2, -0.15) is 0 Å². The summed E-state index contributed by atoms with van der Waals surface area (Å²) in [4.78, 5) is 72.3. The Balaban J connectivity index is 5.19. The van der Waals surface area contributed by atoms with Crippen molar-refractivity contribution in [3.05, 3.63) is 0 Å². The van der Waals surface area contributed by atoms with Crippen LogP contribution in [0.5, 0.6) is 0 Å². The number of phosphoric ester groups is 2. The van der Waals surface area contributed by atoms with Gasteiger partial charge in [-0.1, -0.05) is 292 Å². The molecule has 5 atom stereocenters. The van der Waals surface area contributed by atoms with Crippen molar-refractivity contribution in [3.8, 4) is 0 Å². The van der Waals surface area contributed by atoms with Crippen molar-refractivity contribution in [1.82, 2.24) is 0 Å². The van der Waals surface area contributed by atoms with Gasteiger partial charge in [0.05, 0.1) is 26.4 Å². The number of carbonyl (C=O) groups is 4. The topological polar surface area (TPSA) is 237 Å². The molecule has 2 unspecified atom stereocenters. The highest BCUT2D eigenvalue weighted by molar-refractivity contribution is 7.47. The van der Waals surface area contributed by atoms with E-state index < -0.39 is 97.5 Å². The summed E-state index contributed by atoms with van der Waals surface area (Å²) >= 11 is 0. The maximum atomic E-state index is 13.0. The van der Waals surface area contributed by atoms with Gasteiger partial charge in [-0.05, 0) is 37.5 Å². The van der Waals surface area contributed by atoms with Crippen LogP contribution in [0.25, 0.3) is 0 Å². The largest absolute Gasteiger partial charge is 0.472 e. The molecule has 0 radical (unpaired) electrons. The van der Waals surface area contributed by atoms with Gasteiger partial charge in [-0.25, -0.2) is 9.13 Å². The van der Waals surface area contributed by atoms with Gasteiger partial charge >= 0.3 is 39.5 Å². The van der Waals surface area contributed by atoms with E-state index in [4.69, 9.17) is 37.0 Å². The van der Waals surface area contributed by atoms with Crippen LogP contribution in [0, 0.1) is 11.8 Å². The zero-order valence-corrected chi connectivity index (χ0v) is 58.1. The Kier molecular flexibility index (Phi) is 59.0. The van der Waals surface area contributed by atoms with E-state index in [-0.39, 0.29) is 25.7 Å². The van der Waals surface area contributed by atoms with Gasteiger partial charge in [0, 0.05) is 25.7 Å². The molecule has 3 N–H and O–H groups in total. The summed E-state index contributed by atoms with van der Waals surface area (Å²) in [5.41, 5.74) is 0. The number of phosphoric acid groups is 2. The summed E-state index contributed by atoms with van der Waals surface area (Å²) in [6.07, 6.45) is 44.5. The lowest BCUT2D eigenvalue weighted by atomic mass is 10.0. The summed E-state index contributed by atoms with van der Waals surface area (Å²) in [6, 6.07) is 0. The van der Waals surface area contributed by atoms with Crippen LogP contribution in [-0.4, -0.2) is 96.7 Å². The lowest BCUT2D eigenvalue weighted by Crippen LogP contribution is -2.30. The van der Waals surface area contributed by atoms with E-state index >= 15 is 0 Å². The Labute approximate surface area is 530 Å². The third-order valence-corrected chi connectivity index (χ3v) is 17.6. The van der Waals surface area contributed by atoms with Crippen LogP contribution in [0.15, 0.2) is 0 Å². The molecule has 0 heterocycles. The van der Waals surface area contributed by atoms with Crippen LogP contribution in [0.2, 0.25) is 0 Å². The van der Waals surface area contributed by atoms with Crippen molar-refractivity contribution in [2.24, 2.45) is 11.8 Å². The van der Waals surface area contributed by atoms with Crippen molar-refractivity contribution in [2.75, 3.05) is 39.6 Å². The summed E-state index contributed by atoms with van der Waals surface area (Å²) in [5.74, 6) is -0.601. The van der Waals surface area contributed by atoms with Crippen LogP contribution in [0.4, 0.5) is 0 Å². The summed E-state index contributed by atoms with van der Waals surface area (Å²) in [5, 5.41) is 10.6. The maximum absolute atomic E-state index is 13.0. The lowest BCUT2D eigenvalue weighted by molar-refractivity contribution is -0.161. The number of hydrogen-bond acceptors (Lipinski definition) is 15. The molecule has 17 nitrogen and oxygen atoms in total. The number of rotatable bonds is 67. The Bertz CT molecular complexity index is 1700. The van der Waals surface area contributed by atoms with Gasteiger partial charge in [0.1, 0.15) is 19.3 Å². The monoisotopic (exact) mass is 1280 g/mol. The molecule has 0 amide bonds. The quantitative estimate of drug-likeness (QED) is 0.0222. The van der Waals surface area contributed by atoms with E-state index in [1.54, 1.807) is 0 Å². The third kappa shape index (κ3) is 62.6. The molecular weight excluding hydrogens is 1150 g/mol. The van der Waals surface area contributed by atoms with Gasteiger partial charge in [0.2, 0.25) is 0 Å². The predicted octanol–water partition coefficient (Wildman–Crippen LogP) is 19.2. The van der Waals surface area contributed by atoms with Crippen molar-refractivity contribution in [3.63, 3.8) is 0 Å². The number of unbranched alkanes of at least 4 members (excludes halogenated alkanes) is 37. The van der Waals surface area contributed by atoms with E-state index in [2.05, 4.69) is 41.5 Å². The fourth-order valence-electron chi connectivity index (χ4n) is 10.2. The Hall–Kier alpha value is -1.94. The fraction of sp³-hybridized carbons (Fsp3) is 0.941. The first-order chi connectivity index (χ1) is 41.9. The normalized spacial score (nSPS) is 14.2. The summed E-state index contributed by atoms with van der Waals surface area (Å²) in [7, 11) is -9.89. The van der Waals surface area contributed by atoms with E-state index in [9.17, 15) is 43.2 Å². The number of ether oxygens (including phenoxy) is 4. The van der Waals surface area contributed by atoms with Crippen LogP contribution in [0.3, 0.4) is 0 Å². The van der Waals surface area contributed by atoms with Crippen LogP contribution < -0.4 is 0 Å². The first-order valence-electron chi connectivity index (χ1n) is 35.5. The molecule has 0 rings (SSSR count). The lowest BCUT2D eigenvalue weighted by Gasteiger charge is -2.21. The fourth-order valence-corrected chi connectivity index (χ4v) is 11.8. The number of carbonyl (C=O) groups excluding carboxylic acids is 4. The third-order valence-electron chi connectivity index (χ3n) is 15.7. The molecule has 0 aromatic rings. The minimum absolute atomic E-state index is 0.106. The minimum Gasteiger partial charge on any atom is -0.462 e. The molecule has 87 heavy (non-hydrogen) atoms. The maximum Gasteiger partial charge on any atom is 0.472 e. The molecular formula is C68H132O17P2. The number of aliphatic hydroxyl groups excluding tert-OH is 1. The van der Waals surface area contributed by atoms with Crippen molar-refractivity contribution >= 4 is 39.5 Å². The zero-order chi connectivity index (χ0) is 64.3. The molecule has 0 aromatic carbocycles. The van der Waals surface area contributed by atoms with E-state index in [0.29, 0.717) is 25.7 Å². The number of esters is 4. The second-order valence-electron chi connectivity index (χ2n) is 25.5. The molecule has 0 aliphatic carbocycles. The van der Waals surface area contributed by atoms with E-state index in [0.717, 1.165) is 102 Å². The van der Waals surface area contributed by atoms with Crippen LogP contribution in [0.1, 0.15) is 343 Å². The molecule has 0 fully saturated rings. The first-order valence-corrected chi connectivity index (χ1v) is 38.5. The van der Waals surface area contributed by atoms with Gasteiger partial charge in [0.15, 0.2) is 12.2 Å². The number of aliphatic hydroxyl groups is 1. The number of hydrogen-bond donors (Lipinski definition) is 3. The zero-order valence-electron chi connectivity index (χ0n) is 56.3. The summed E-state index contributed by atoms with van der Waals surface area (Å²) in [6.45, 7) is 9.49. The Morgan fingerprint density at radius 2 is 0.529 bits per heavy atom. The average Bonchev–Trinajstić information content (AvgIpc) is 3.70. The Morgan fingerprint density at radius 3 is 0.782 bits per heavy atom. The molecule has 0 saturated heterocycles. The highest BCUT2D eigenvalue weighted by atomic mass is 31.2. The predicted molar refractivity (Wildman–Crippen MR) is 349 cm³/mol. The van der Waals surface area contributed by atoms with Crippen molar-refractivity contribution in [1.29, 1.82) is 0 Å². The molecule has 0 aliphatic heterocycles. The molecule has 0 bridgehead atoms. The molecule has 0 saturated carbocycles. The van der Waals surface area contributed by atoms with Crippen LogP contribution >= 0.6 is 15.6 Å². The van der Waals surface area contributed by atoms with E-state index in [1.807, 2.05) is 0 Å². The van der Waals surface area contributed by atoms with Crippen molar-refractivity contribution < 1.29 is 80.2 Å². The van der Waals surface area contributed by atoms with Gasteiger partial charge < -0.3 is 33.8 Å². The molecule has 19 heteroatoms.